The molecule has 10 nitrogen and oxygen atoms in total. The van der Waals surface area contributed by atoms with E-state index in [0.717, 1.165) is 6.07 Å². The maximum atomic E-state index is 14.7. The van der Waals surface area contributed by atoms with Crippen molar-refractivity contribution in [3.05, 3.63) is 45.7 Å². The van der Waals surface area contributed by atoms with Crippen LogP contribution in [-0.4, -0.2) is 68.8 Å². The van der Waals surface area contributed by atoms with E-state index in [2.05, 4.69) is 20.3 Å². The molecule has 0 radical (unpaired) electrons. The van der Waals surface area contributed by atoms with Crippen LogP contribution in [0, 0.1) is 5.82 Å². The van der Waals surface area contributed by atoms with Crippen molar-refractivity contribution in [3.8, 4) is 6.01 Å². The first-order chi connectivity index (χ1) is 16.4. The van der Waals surface area contributed by atoms with Gasteiger partial charge in [0.05, 0.1) is 35.4 Å². The number of benzene rings is 1. The molecule has 2 saturated heterocycles. The average Bonchev–Trinajstić information content (AvgIpc) is 3.55. The van der Waals surface area contributed by atoms with E-state index < -0.39 is 36.1 Å². The second-order valence-corrected chi connectivity index (χ2v) is 9.03. The normalized spacial score (nSPS) is 27.7. The standard InChI is InChI=1S/C22H20ClFN4O6/c23-10-5-13-20(28-22(26-13)34-15-7-33-17-14(29)6-32-18(15)17)27-19(10)25-12-2-1-8-3-9(21(30)31)4-11(24)16(8)12/h3-5,12,14-15,17-18,29H,1-2,6-7H2,(H,30,31)(H2,25,26,27,28)/t12?,14-,15-,17-,18-/m1/s1. The predicted molar refractivity (Wildman–Crippen MR) is 117 cm³/mol. The first kappa shape index (κ1) is 21.5. The Morgan fingerprint density at radius 2 is 2.06 bits per heavy atom. The third-order valence-corrected chi connectivity index (χ3v) is 6.76. The van der Waals surface area contributed by atoms with Gasteiger partial charge in [-0.05, 0) is 36.6 Å². The molecule has 5 atom stereocenters. The molecule has 34 heavy (non-hydrogen) atoms. The van der Waals surface area contributed by atoms with Crippen LogP contribution in [0.3, 0.4) is 0 Å². The van der Waals surface area contributed by atoms with Crippen LogP contribution < -0.4 is 10.1 Å². The number of aliphatic hydroxyl groups is 1. The molecule has 4 heterocycles. The second-order valence-electron chi connectivity index (χ2n) is 8.62. The van der Waals surface area contributed by atoms with Gasteiger partial charge in [-0.15, -0.1) is 0 Å². The van der Waals surface area contributed by atoms with Crippen molar-refractivity contribution in [1.29, 1.82) is 0 Å². The Labute approximate surface area is 197 Å². The lowest BCUT2D eigenvalue weighted by molar-refractivity contribution is 0.00706. The fourth-order valence-electron chi connectivity index (χ4n) is 4.89. The number of nitrogens with one attached hydrogen (secondary N) is 2. The van der Waals surface area contributed by atoms with Gasteiger partial charge in [-0.2, -0.15) is 4.98 Å². The van der Waals surface area contributed by atoms with E-state index in [1.165, 1.54) is 6.07 Å². The number of carboxylic acids is 1. The minimum atomic E-state index is -1.17. The quantitative estimate of drug-likeness (QED) is 0.424. The molecule has 1 aliphatic carbocycles. The molecule has 3 aromatic rings. The van der Waals surface area contributed by atoms with E-state index >= 15 is 0 Å². The lowest BCUT2D eigenvalue weighted by atomic mass is 10.0. The summed E-state index contributed by atoms with van der Waals surface area (Å²) >= 11 is 6.43. The summed E-state index contributed by atoms with van der Waals surface area (Å²) < 4.78 is 31.7. The molecule has 1 aromatic carbocycles. The summed E-state index contributed by atoms with van der Waals surface area (Å²) in [6, 6.07) is 3.99. The van der Waals surface area contributed by atoms with Crippen molar-refractivity contribution < 1.29 is 33.6 Å². The van der Waals surface area contributed by atoms with Crippen LogP contribution in [0.1, 0.15) is 33.9 Å². The fraction of sp³-hybridized carbons (Fsp3) is 0.409. The van der Waals surface area contributed by atoms with Crippen molar-refractivity contribution >= 4 is 34.6 Å². The summed E-state index contributed by atoms with van der Waals surface area (Å²) in [5.74, 6) is -1.41. The predicted octanol–water partition coefficient (Wildman–Crippen LogP) is 2.45. The van der Waals surface area contributed by atoms with Gasteiger partial charge in [0.2, 0.25) is 0 Å². The number of fused-ring (bicyclic) bond motifs is 3. The van der Waals surface area contributed by atoms with Crippen LogP contribution in [0.25, 0.3) is 11.2 Å². The Kier molecular flexibility index (Phi) is 5.10. The molecule has 0 spiro atoms. The summed E-state index contributed by atoms with van der Waals surface area (Å²) in [5, 5.41) is 22.5. The minimum Gasteiger partial charge on any atom is -0.478 e. The number of nitrogens with zero attached hydrogens (tertiary/aromatic N) is 2. The van der Waals surface area contributed by atoms with E-state index in [0.29, 0.717) is 46.0 Å². The van der Waals surface area contributed by atoms with Gasteiger partial charge in [-0.25, -0.2) is 14.2 Å². The minimum absolute atomic E-state index is 0.0741. The van der Waals surface area contributed by atoms with Crippen LogP contribution in [0.2, 0.25) is 5.02 Å². The molecule has 1 unspecified atom stereocenters. The van der Waals surface area contributed by atoms with Crippen molar-refractivity contribution in [2.24, 2.45) is 0 Å². The van der Waals surface area contributed by atoms with E-state index in [1.807, 2.05) is 0 Å². The number of aromatic nitrogens is 3. The highest BCUT2D eigenvalue weighted by atomic mass is 35.5. The smallest absolute Gasteiger partial charge is 0.335 e. The zero-order valence-electron chi connectivity index (χ0n) is 17.6. The van der Waals surface area contributed by atoms with Gasteiger partial charge in [0, 0.05) is 5.56 Å². The number of pyridine rings is 1. The molecule has 3 aliphatic rings. The molecular formula is C22H20ClFN4O6. The first-order valence-electron chi connectivity index (χ1n) is 10.8. The number of aryl methyl sites for hydroxylation is 1. The van der Waals surface area contributed by atoms with Crippen LogP contribution in [0.5, 0.6) is 6.01 Å². The fourth-order valence-corrected chi connectivity index (χ4v) is 5.10. The highest BCUT2D eigenvalue weighted by molar-refractivity contribution is 6.33. The number of halogens is 2. The molecule has 2 aliphatic heterocycles. The van der Waals surface area contributed by atoms with E-state index in [4.69, 9.17) is 25.8 Å². The number of anilines is 1. The SMILES string of the molecule is O=C(O)c1cc(F)c2c(c1)CCC2Nc1nc2nc(O[C@@H]3CO[C@H]4[C@@H]3OC[C@H]4O)[nH]c2cc1Cl. The number of aromatic carboxylic acids is 1. The number of ether oxygens (including phenoxy) is 3. The van der Waals surface area contributed by atoms with E-state index in [-0.39, 0.29) is 30.9 Å². The number of H-pyrrole nitrogens is 1. The van der Waals surface area contributed by atoms with Crippen molar-refractivity contribution in [3.63, 3.8) is 0 Å². The maximum absolute atomic E-state index is 14.7. The number of carbonyl (C=O) groups is 1. The lowest BCUT2D eigenvalue weighted by Crippen LogP contribution is -2.34. The Morgan fingerprint density at radius 3 is 2.88 bits per heavy atom. The molecule has 2 aromatic heterocycles. The van der Waals surface area contributed by atoms with Gasteiger partial charge in [-0.1, -0.05) is 11.6 Å². The van der Waals surface area contributed by atoms with Gasteiger partial charge >= 0.3 is 5.97 Å². The Balaban J connectivity index is 1.23. The van der Waals surface area contributed by atoms with Crippen molar-refractivity contribution in [2.75, 3.05) is 18.5 Å². The Bertz CT molecular complexity index is 1300. The number of hydrogen-bond donors (Lipinski definition) is 4. The van der Waals surface area contributed by atoms with Crippen LogP contribution in [-0.2, 0) is 15.9 Å². The number of carboxylic acid groups (broad SMARTS) is 1. The average molecular weight is 491 g/mol. The second kappa shape index (κ2) is 8.05. The summed E-state index contributed by atoms with van der Waals surface area (Å²) in [5.41, 5.74) is 1.90. The molecule has 2 fully saturated rings. The zero-order valence-corrected chi connectivity index (χ0v) is 18.4. The number of imidazole rings is 1. The highest BCUT2D eigenvalue weighted by Crippen LogP contribution is 2.38. The third kappa shape index (κ3) is 3.56. The summed E-state index contributed by atoms with van der Waals surface area (Å²) in [6.45, 7) is 0.463. The third-order valence-electron chi connectivity index (χ3n) is 6.47. The van der Waals surface area contributed by atoms with Crippen LogP contribution in [0.4, 0.5) is 10.2 Å². The summed E-state index contributed by atoms with van der Waals surface area (Å²) in [7, 11) is 0. The Hall–Kier alpha value is -2.99. The molecule has 0 amide bonds. The van der Waals surface area contributed by atoms with Crippen LogP contribution in [0.15, 0.2) is 18.2 Å². The van der Waals surface area contributed by atoms with Crippen LogP contribution >= 0.6 is 11.6 Å². The molecule has 4 N–H and O–H groups in total. The lowest BCUT2D eigenvalue weighted by Gasteiger charge is -2.16. The van der Waals surface area contributed by atoms with E-state index in [1.54, 1.807) is 6.07 Å². The molecule has 178 valence electrons. The summed E-state index contributed by atoms with van der Waals surface area (Å²) in [4.78, 5) is 23.1. The van der Waals surface area contributed by atoms with Crippen molar-refractivity contribution in [2.45, 2.75) is 43.3 Å². The first-order valence-corrected chi connectivity index (χ1v) is 11.2. The number of rotatable bonds is 5. The van der Waals surface area contributed by atoms with Gasteiger partial charge in [-0.3, -0.25) is 0 Å². The van der Waals surface area contributed by atoms with Gasteiger partial charge in [0.1, 0.15) is 29.9 Å². The Morgan fingerprint density at radius 1 is 1.24 bits per heavy atom. The van der Waals surface area contributed by atoms with Gasteiger partial charge in [0.15, 0.2) is 11.8 Å². The summed E-state index contributed by atoms with van der Waals surface area (Å²) in [6.07, 6.45) is -0.798. The topological polar surface area (TPSA) is 139 Å². The molecule has 6 rings (SSSR count). The highest BCUT2D eigenvalue weighted by Gasteiger charge is 2.48. The maximum Gasteiger partial charge on any atom is 0.335 e. The largest absolute Gasteiger partial charge is 0.478 e. The molecule has 12 heteroatoms. The molecule has 0 bridgehead atoms. The molecule has 0 saturated carbocycles. The van der Waals surface area contributed by atoms with Crippen molar-refractivity contribution in [1.82, 2.24) is 15.0 Å². The van der Waals surface area contributed by atoms with E-state index in [9.17, 15) is 19.4 Å². The number of aromatic amines is 1. The van der Waals surface area contributed by atoms with Gasteiger partial charge in [0.25, 0.3) is 6.01 Å². The number of hydrogen-bond acceptors (Lipinski definition) is 8. The van der Waals surface area contributed by atoms with Gasteiger partial charge < -0.3 is 34.7 Å². The molecular weight excluding hydrogens is 471 g/mol. The zero-order chi connectivity index (χ0) is 23.6. The number of aliphatic hydroxyl groups excluding tert-OH is 1. The monoisotopic (exact) mass is 490 g/mol.